The SMILES string of the molecule is CC(C)(C)c1ccc(-c2cc(C(=O)N/N=C\c3c[nH]c4ccccc34)c3ccccc3n2)cc1. The van der Waals surface area contributed by atoms with Crippen molar-refractivity contribution in [2.75, 3.05) is 0 Å². The van der Waals surface area contributed by atoms with E-state index in [1.165, 1.54) is 5.56 Å². The van der Waals surface area contributed by atoms with Crippen LogP contribution in [0, 0.1) is 0 Å². The fraction of sp³-hybridized carbons (Fsp3) is 0.138. The van der Waals surface area contributed by atoms with Crippen molar-refractivity contribution < 1.29 is 4.79 Å². The van der Waals surface area contributed by atoms with Gasteiger partial charge in [0.05, 0.1) is 23.0 Å². The smallest absolute Gasteiger partial charge is 0.272 e. The van der Waals surface area contributed by atoms with Gasteiger partial charge in [-0.2, -0.15) is 5.10 Å². The summed E-state index contributed by atoms with van der Waals surface area (Å²) in [7, 11) is 0. The molecule has 0 bridgehead atoms. The Kier molecular flexibility index (Phi) is 5.46. The summed E-state index contributed by atoms with van der Waals surface area (Å²) < 4.78 is 0. The minimum absolute atomic E-state index is 0.0726. The van der Waals surface area contributed by atoms with Gasteiger partial charge >= 0.3 is 0 Å². The predicted molar refractivity (Wildman–Crippen MR) is 139 cm³/mol. The van der Waals surface area contributed by atoms with Crippen molar-refractivity contribution in [3.63, 3.8) is 0 Å². The van der Waals surface area contributed by atoms with E-state index < -0.39 is 0 Å². The maximum absolute atomic E-state index is 13.2. The van der Waals surface area contributed by atoms with E-state index in [1.54, 1.807) is 6.21 Å². The van der Waals surface area contributed by atoms with E-state index in [9.17, 15) is 4.79 Å². The third-order valence-corrected chi connectivity index (χ3v) is 6.00. The Morgan fingerprint density at radius 1 is 0.941 bits per heavy atom. The highest BCUT2D eigenvalue weighted by Crippen LogP contribution is 2.28. The average molecular weight is 447 g/mol. The van der Waals surface area contributed by atoms with Crippen LogP contribution in [-0.2, 0) is 5.41 Å². The highest BCUT2D eigenvalue weighted by Gasteiger charge is 2.16. The second-order valence-electron chi connectivity index (χ2n) is 9.39. The summed E-state index contributed by atoms with van der Waals surface area (Å²) in [6.07, 6.45) is 3.54. The standard InChI is InChI=1S/C29H26N4O/c1-29(2,3)21-14-12-19(13-15-21)27-16-24(23-9-5-7-11-26(23)32-27)28(34)33-31-18-20-17-30-25-10-6-4-8-22(20)25/h4-18,30H,1-3H3,(H,33,34)/b31-18-. The van der Waals surface area contributed by atoms with Gasteiger partial charge in [-0.3, -0.25) is 4.79 Å². The summed E-state index contributed by atoms with van der Waals surface area (Å²) in [5, 5.41) is 6.06. The molecule has 0 aliphatic carbocycles. The normalized spacial score (nSPS) is 12.0. The first-order valence-electron chi connectivity index (χ1n) is 11.3. The highest BCUT2D eigenvalue weighted by molar-refractivity contribution is 6.07. The third kappa shape index (κ3) is 4.20. The largest absolute Gasteiger partial charge is 0.361 e. The average Bonchev–Trinajstić information content (AvgIpc) is 3.26. The Labute approximate surface area is 198 Å². The van der Waals surface area contributed by atoms with Crippen LogP contribution in [0.1, 0.15) is 42.3 Å². The summed E-state index contributed by atoms with van der Waals surface area (Å²) in [5.74, 6) is -0.276. The van der Waals surface area contributed by atoms with Crippen molar-refractivity contribution in [2.45, 2.75) is 26.2 Å². The third-order valence-electron chi connectivity index (χ3n) is 6.00. The second kappa shape index (κ2) is 8.60. The molecule has 0 atom stereocenters. The number of hydrazone groups is 1. The van der Waals surface area contributed by atoms with Gasteiger partial charge in [-0.15, -0.1) is 0 Å². The van der Waals surface area contributed by atoms with E-state index in [1.807, 2.05) is 60.8 Å². The molecule has 0 saturated carbocycles. The number of carbonyl (C=O) groups is 1. The molecule has 0 radical (unpaired) electrons. The number of pyridine rings is 1. The van der Waals surface area contributed by atoms with Crippen LogP contribution in [0.2, 0.25) is 0 Å². The lowest BCUT2D eigenvalue weighted by atomic mass is 9.86. The topological polar surface area (TPSA) is 70.1 Å². The summed E-state index contributed by atoms with van der Waals surface area (Å²) in [6, 6.07) is 25.9. The van der Waals surface area contributed by atoms with Gasteiger partial charge in [-0.1, -0.05) is 81.4 Å². The number of fused-ring (bicyclic) bond motifs is 2. The van der Waals surface area contributed by atoms with Gasteiger partial charge in [-0.05, 0) is 29.2 Å². The van der Waals surface area contributed by atoms with Crippen LogP contribution >= 0.6 is 0 Å². The van der Waals surface area contributed by atoms with Crippen LogP contribution in [-0.4, -0.2) is 22.1 Å². The van der Waals surface area contributed by atoms with Gasteiger partial charge in [0, 0.05) is 33.6 Å². The maximum Gasteiger partial charge on any atom is 0.272 e. The van der Waals surface area contributed by atoms with Gasteiger partial charge in [-0.25, -0.2) is 10.4 Å². The van der Waals surface area contributed by atoms with Crippen LogP contribution in [0.5, 0.6) is 0 Å². The first kappa shape index (κ1) is 21.6. The fourth-order valence-corrected chi connectivity index (χ4v) is 4.07. The molecule has 0 unspecified atom stereocenters. The molecule has 34 heavy (non-hydrogen) atoms. The van der Waals surface area contributed by atoms with Crippen molar-refractivity contribution in [2.24, 2.45) is 5.10 Å². The number of nitrogens with one attached hydrogen (secondary N) is 2. The number of para-hydroxylation sites is 2. The van der Waals surface area contributed by atoms with E-state index in [0.29, 0.717) is 5.56 Å². The van der Waals surface area contributed by atoms with Crippen LogP contribution < -0.4 is 5.43 Å². The number of nitrogens with zero attached hydrogens (tertiary/aromatic N) is 2. The molecule has 5 nitrogen and oxygen atoms in total. The van der Waals surface area contributed by atoms with Crippen molar-refractivity contribution in [1.82, 2.24) is 15.4 Å². The molecule has 0 fully saturated rings. The Hall–Kier alpha value is -4.25. The van der Waals surface area contributed by atoms with Crippen LogP contribution in [0.25, 0.3) is 33.1 Å². The summed E-state index contributed by atoms with van der Waals surface area (Å²) in [6.45, 7) is 6.57. The molecule has 5 heteroatoms. The fourth-order valence-electron chi connectivity index (χ4n) is 4.07. The van der Waals surface area contributed by atoms with Crippen molar-refractivity contribution in [3.05, 3.63) is 102 Å². The summed E-state index contributed by atoms with van der Waals surface area (Å²) in [5.41, 5.74) is 8.98. The zero-order valence-electron chi connectivity index (χ0n) is 19.5. The van der Waals surface area contributed by atoms with Gasteiger partial charge in [0.1, 0.15) is 0 Å². The lowest BCUT2D eigenvalue weighted by Crippen LogP contribution is -2.18. The number of benzene rings is 3. The number of amides is 1. The summed E-state index contributed by atoms with van der Waals surface area (Å²) in [4.78, 5) is 21.2. The van der Waals surface area contributed by atoms with E-state index >= 15 is 0 Å². The molecule has 2 N–H and O–H groups in total. The van der Waals surface area contributed by atoms with Crippen LogP contribution in [0.15, 0.2) is 90.2 Å². The minimum atomic E-state index is -0.276. The second-order valence-corrected chi connectivity index (χ2v) is 9.39. The summed E-state index contributed by atoms with van der Waals surface area (Å²) >= 11 is 0. The molecule has 2 aromatic heterocycles. The van der Waals surface area contributed by atoms with Crippen LogP contribution in [0.3, 0.4) is 0 Å². The number of carbonyl (C=O) groups excluding carboxylic acids is 1. The van der Waals surface area contributed by atoms with Crippen molar-refractivity contribution in [1.29, 1.82) is 0 Å². The molecule has 0 aliphatic heterocycles. The number of hydrogen-bond donors (Lipinski definition) is 2. The monoisotopic (exact) mass is 446 g/mol. The van der Waals surface area contributed by atoms with Gasteiger partial charge < -0.3 is 4.98 Å². The molecule has 3 aromatic carbocycles. The molecular formula is C29H26N4O. The molecule has 5 aromatic rings. The minimum Gasteiger partial charge on any atom is -0.361 e. The molecule has 5 rings (SSSR count). The lowest BCUT2D eigenvalue weighted by Gasteiger charge is -2.19. The first-order chi connectivity index (χ1) is 16.4. The Morgan fingerprint density at radius 2 is 1.65 bits per heavy atom. The van der Waals surface area contributed by atoms with Crippen LogP contribution in [0.4, 0.5) is 0 Å². The molecule has 0 aliphatic rings. The van der Waals surface area contributed by atoms with Gasteiger partial charge in [0.15, 0.2) is 0 Å². The number of H-pyrrole nitrogens is 1. The Bertz CT molecular complexity index is 1520. The molecule has 2 heterocycles. The van der Waals surface area contributed by atoms with Gasteiger partial charge in [0.25, 0.3) is 5.91 Å². The first-order valence-corrected chi connectivity index (χ1v) is 11.3. The van der Waals surface area contributed by atoms with Gasteiger partial charge in [0.2, 0.25) is 0 Å². The van der Waals surface area contributed by atoms with E-state index in [0.717, 1.165) is 38.6 Å². The molecule has 1 amide bonds. The zero-order chi connectivity index (χ0) is 23.7. The number of aromatic nitrogens is 2. The molecular weight excluding hydrogens is 420 g/mol. The Morgan fingerprint density at radius 3 is 2.41 bits per heavy atom. The molecule has 0 spiro atoms. The predicted octanol–water partition coefficient (Wildman–Crippen LogP) is 6.44. The van der Waals surface area contributed by atoms with Crippen molar-refractivity contribution in [3.8, 4) is 11.3 Å². The maximum atomic E-state index is 13.2. The van der Waals surface area contributed by atoms with E-state index in [2.05, 4.69) is 60.5 Å². The van der Waals surface area contributed by atoms with E-state index in [-0.39, 0.29) is 11.3 Å². The van der Waals surface area contributed by atoms with E-state index in [4.69, 9.17) is 4.98 Å². The van der Waals surface area contributed by atoms with Crippen molar-refractivity contribution >= 4 is 33.9 Å². The Balaban J connectivity index is 1.46. The number of hydrogen-bond acceptors (Lipinski definition) is 3. The highest BCUT2D eigenvalue weighted by atomic mass is 16.2. The zero-order valence-corrected chi connectivity index (χ0v) is 19.5. The number of rotatable bonds is 4. The number of aromatic amines is 1. The molecule has 0 saturated heterocycles. The quantitative estimate of drug-likeness (QED) is 0.246. The molecule has 168 valence electrons. The lowest BCUT2D eigenvalue weighted by molar-refractivity contribution is 0.0956.